The summed E-state index contributed by atoms with van der Waals surface area (Å²) in [5, 5.41) is 2.78. The highest BCUT2D eigenvalue weighted by molar-refractivity contribution is 6.00. The van der Waals surface area contributed by atoms with Crippen molar-refractivity contribution in [2.75, 3.05) is 33.1 Å². The Morgan fingerprint density at radius 2 is 1.93 bits per heavy atom. The molecular weight excluding hydrogens is 358 g/mol. The summed E-state index contributed by atoms with van der Waals surface area (Å²) >= 11 is 0. The van der Waals surface area contributed by atoms with E-state index < -0.39 is 0 Å². The molecule has 0 aliphatic carbocycles. The van der Waals surface area contributed by atoms with E-state index in [-0.39, 0.29) is 24.1 Å². The van der Waals surface area contributed by atoms with Crippen LogP contribution in [0.4, 0.5) is 5.69 Å². The minimum Gasteiger partial charge on any atom is -0.496 e. The van der Waals surface area contributed by atoms with Crippen molar-refractivity contribution >= 4 is 23.4 Å². The maximum absolute atomic E-state index is 12.4. The van der Waals surface area contributed by atoms with Gasteiger partial charge >= 0.3 is 0 Å². The zero-order chi connectivity index (χ0) is 20.3. The van der Waals surface area contributed by atoms with Crippen LogP contribution in [0.2, 0.25) is 0 Å². The van der Waals surface area contributed by atoms with Gasteiger partial charge in [-0.1, -0.05) is 18.2 Å². The number of fused-ring (bicyclic) bond motifs is 1. The highest BCUT2D eigenvalue weighted by Gasteiger charge is 2.26. The first-order valence-electron chi connectivity index (χ1n) is 8.97. The highest BCUT2D eigenvalue weighted by Crippen LogP contribution is 2.25. The van der Waals surface area contributed by atoms with Crippen molar-refractivity contribution in [2.45, 2.75) is 13.0 Å². The predicted octanol–water partition coefficient (Wildman–Crippen LogP) is 2.38. The van der Waals surface area contributed by atoms with Gasteiger partial charge in [0.25, 0.3) is 11.8 Å². The number of carbonyl (C=O) groups excluding carboxylic acids is 3. The third-order valence-corrected chi connectivity index (χ3v) is 4.62. The number of amides is 3. The van der Waals surface area contributed by atoms with Crippen LogP contribution in [-0.4, -0.2) is 55.3 Å². The molecule has 1 aliphatic rings. The van der Waals surface area contributed by atoms with Crippen LogP contribution in [0.3, 0.4) is 0 Å². The monoisotopic (exact) mass is 381 g/mol. The van der Waals surface area contributed by atoms with Gasteiger partial charge < -0.3 is 19.9 Å². The van der Waals surface area contributed by atoms with Gasteiger partial charge in [0, 0.05) is 44.9 Å². The maximum Gasteiger partial charge on any atom is 0.257 e. The zero-order valence-electron chi connectivity index (χ0n) is 16.2. The second kappa shape index (κ2) is 8.12. The van der Waals surface area contributed by atoms with E-state index in [9.17, 15) is 14.4 Å². The molecule has 1 heterocycles. The Morgan fingerprint density at radius 3 is 2.61 bits per heavy atom. The summed E-state index contributed by atoms with van der Waals surface area (Å²) in [5.74, 6) is -0.0469. The topological polar surface area (TPSA) is 79.0 Å². The van der Waals surface area contributed by atoms with Gasteiger partial charge in [0.1, 0.15) is 5.75 Å². The molecule has 28 heavy (non-hydrogen) atoms. The van der Waals surface area contributed by atoms with Gasteiger partial charge in [-0.3, -0.25) is 14.4 Å². The van der Waals surface area contributed by atoms with Gasteiger partial charge in [0.2, 0.25) is 5.91 Å². The molecule has 146 valence electrons. The second-order valence-electron chi connectivity index (χ2n) is 6.80. The standard InChI is InChI=1S/C21H23N3O4/c1-23(2)20(26)17-12-15(8-9-18(17)28-3)22-19(25)10-11-24-13-14-6-4-5-7-16(14)21(24)27/h4-9,12H,10-11,13H2,1-3H3,(H,22,25). The molecule has 7 nitrogen and oxygen atoms in total. The largest absolute Gasteiger partial charge is 0.496 e. The molecule has 0 saturated heterocycles. The summed E-state index contributed by atoms with van der Waals surface area (Å²) in [6.07, 6.45) is 0.169. The molecule has 2 aromatic rings. The van der Waals surface area contributed by atoms with Crippen LogP contribution in [0.15, 0.2) is 42.5 Å². The summed E-state index contributed by atoms with van der Waals surface area (Å²) in [4.78, 5) is 40.1. The first-order valence-corrected chi connectivity index (χ1v) is 8.97. The average molecular weight is 381 g/mol. The molecule has 0 aromatic heterocycles. The molecule has 0 fully saturated rings. The molecule has 0 spiro atoms. The van der Waals surface area contributed by atoms with E-state index in [1.807, 2.05) is 18.2 Å². The third kappa shape index (κ3) is 3.98. The zero-order valence-corrected chi connectivity index (χ0v) is 16.2. The molecular formula is C21H23N3O4. The summed E-state index contributed by atoms with van der Waals surface area (Å²) in [6.45, 7) is 0.852. The average Bonchev–Trinajstić information content (AvgIpc) is 3.01. The number of nitrogens with zero attached hydrogens (tertiary/aromatic N) is 2. The minimum absolute atomic E-state index is 0.0493. The second-order valence-corrected chi connectivity index (χ2v) is 6.80. The van der Waals surface area contributed by atoms with Crippen LogP contribution in [0.5, 0.6) is 5.75 Å². The van der Waals surface area contributed by atoms with Gasteiger partial charge in [0.15, 0.2) is 0 Å². The quantitative estimate of drug-likeness (QED) is 0.833. The highest BCUT2D eigenvalue weighted by atomic mass is 16.5. The molecule has 1 aliphatic heterocycles. The Bertz CT molecular complexity index is 924. The van der Waals surface area contributed by atoms with E-state index in [4.69, 9.17) is 4.74 Å². The van der Waals surface area contributed by atoms with Crippen molar-refractivity contribution in [2.24, 2.45) is 0 Å². The van der Waals surface area contributed by atoms with Crippen molar-refractivity contribution in [1.82, 2.24) is 9.80 Å². The van der Waals surface area contributed by atoms with Crippen LogP contribution in [-0.2, 0) is 11.3 Å². The van der Waals surface area contributed by atoms with Gasteiger partial charge in [-0.25, -0.2) is 0 Å². The molecule has 0 bridgehead atoms. The summed E-state index contributed by atoms with van der Waals surface area (Å²) in [6, 6.07) is 12.4. The van der Waals surface area contributed by atoms with Gasteiger partial charge in [-0.15, -0.1) is 0 Å². The Labute approximate surface area is 163 Å². The van der Waals surface area contributed by atoms with E-state index >= 15 is 0 Å². The number of benzene rings is 2. The molecule has 0 unspecified atom stereocenters. The molecule has 3 amide bonds. The van der Waals surface area contributed by atoms with Crippen LogP contribution >= 0.6 is 0 Å². The lowest BCUT2D eigenvalue weighted by molar-refractivity contribution is -0.116. The van der Waals surface area contributed by atoms with E-state index in [1.54, 1.807) is 43.3 Å². The molecule has 1 N–H and O–H groups in total. The maximum atomic E-state index is 12.4. The first-order chi connectivity index (χ1) is 13.4. The summed E-state index contributed by atoms with van der Waals surface area (Å²) < 4.78 is 5.23. The summed E-state index contributed by atoms with van der Waals surface area (Å²) in [5.41, 5.74) is 2.56. The van der Waals surface area contributed by atoms with Crippen molar-refractivity contribution in [1.29, 1.82) is 0 Å². The van der Waals surface area contributed by atoms with Gasteiger partial charge in [-0.05, 0) is 29.8 Å². The van der Waals surface area contributed by atoms with E-state index in [0.717, 1.165) is 5.56 Å². The number of nitrogens with one attached hydrogen (secondary N) is 1. The van der Waals surface area contributed by atoms with E-state index in [1.165, 1.54) is 12.0 Å². The lowest BCUT2D eigenvalue weighted by atomic mass is 10.1. The fourth-order valence-electron chi connectivity index (χ4n) is 3.15. The van der Waals surface area contributed by atoms with Crippen LogP contribution in [0.25, 0.3) is 0 Å². The Kier molecular flexibility index (Phi) is 5.63. The van der Waals surface area contributed by atoms with Crippen molar-refractivity contribution in [3.63, 3.8) is 0 Å². The van der Waals surface area contributed by atoms with Gasteiger partial charge in [0.05, 0.1) is 12.7 Å². The molecule has 0 atom stereocenters. The van der Waals surface area contributed by atoms with Crippen molar-refractivity contribution in [3.05, 3.63) is 59.2 Å². The Hall–Kier alpha value is -3.35. The van der Waals surface area contributed by atoms with Crippen LogP contribution in [0.1, 0.15) is 32.7 Å². The lowest BCUT2D eigenvalue weighted by Gasteiger charge is -2.16. The lowest BCUT2D eigenvalue weighted by Crippen LogP contribution is -2.28. The number of hydrogen-bond acceptors (Lipinski definition) is 4. The molecule has 2 aromatic carbocycles. The first kappa shape index (κ1) is 19.4. The number of anilines is 1. The Morgan fingerprint density at radius 1 is 1.18 bits per heavy atom. The molecule has 0 radical (unpaired) electrons. The van der Waals surface area contributed by atoms with Crippen LogP contribution < -0.4 is 10.1 Å². The van der Waals surface area contributed by atoms with E-state index in [2.05, 4.69) is 5.32 Å². The predicted molar refractivity (Wildman–Crippen MR) is 105 cm³/mol. The molecule has 0 saturated carbocycles. The normalized spacial score (nSPS) is 12.5. The van der Waals surface area contributed by atoms with Gasteiger partial charge in [-0.2, -0.15) is 0 Å². The number of ether oxygens (including phenoxy) is 1. The third-order valence-electron chi connectivity index (χ3n) is 4.62. The number of methoxy groups -OCH3 is 1. The molecule has 3 rings (SSSR count). The molecule has 7 heteroatoms. The summed E-state index contributed by atoms with van der Waals surface area (Å²) in [7, 11) is 4.79. The fraction of sp³-hybridized carbons (Fsp3) is 0.286. The fourth-order valence-corrected chi connectivity index (χ4v) is 3.15. The smallest absolute Gasteiger partial charge is 0.257 e. The van der Waals surface area contributed by atoms with Crippen molar-refractivity contribution in [3.8, 4) is 5.75 Å². The van der Waals surface area contributed by atoms with Crippen LogP contribution in [0, 0.1) is 0 Å². The Balaban J connectivity index is 1.62. The van der Waals surface area contributed by atoms with E-state index in [0.29, 0.717) is 35.7 Å². The number of hydrogen-bond donors (Lipinski definition) is 1. The minimum atomic E-state index is -0.225. The number of carbonyl (C=O) groups is 3. The number of rotatable bonds is 6. The SMILES string of the molecule is COc1ccc(NC(=O)CCN2Cc3ccccc3C2=O)cc1C(=O)N(C)C. The van der Waals surface area contributed by atoms with Crippen molar-refractivity contribution < 1.29 is 19.1 Å².